The summed E-state index contributed by atoms with van der Waals surface area (Å²) in [5, 5.41) is 13.3. The van der Waals surface area contributed by atoms with E-state index >= 15 is 0 Å². The van der Waals surface area contributed by atoms with E-state index in [9.17, 15) is 14.9 Å². The largest absolute Gasteiger partial charge is 0.372 e. The number of benzene rings is 1. The van der Waals surface area contributed by atoms with Gasteiger partial charge in [-0.15, -0.1) is 0 Å². The van der Waals surface area contributed by atoms with Crippen LogP contribution in [0.5, 0.6) is 0 Å². The Hall–Kier alpha value is -2.11. The standard InChI is InChI=1S/C10H11N3O3/c1-12-5-4-11-10(14)8-6-7(13(15)16)2-3-9(8)12/h2-3,6H,4-5H2,1H3,(H,11,14). The minimum Gasteiger partial charge on any atom is -0.372 e. The Balaban J connectivity index is 2.54. The minimum atomic E-state index is -0.502. The Morgan fingerprint density at radius 2 is 2.25 bits per heavy atom. The Kier molecular flexibility index (Phi) is 2.47. The van der Waals surface area contributed by atoms with Gasteiger partial charge in [-0.1, -0.05) is 0 Å². The number of nitro groups is 1. The Morgan fingerprint density at radius 1 is 1.50 bits per heavy atom. The second-order valence-corrected chi connectivity index (χ2v) is 3.64. The van der Waals surface area contributed by atoms with E-state index in [4.69, 9.17) is 0 Å². The van der Waals surface area contributed by atoms with Crippen LogP contribution in [-0.2, 0) is 0 Å². The Labute approximate surface area is 92.0 Å². The van der Waals surface area contributed by atoms with Gasteiger partial charge in [0.15, 0.2) is 0 Å². The maximum absolute atomic E-state index is 11.7. The van der Waals surface area contributed by atoms with Gasteiger partial charge >= 0.3 is 0 Å². The molecule has 6 nitrogen and oxygen atoms in total. The lowest BCUT2D eigenvalue weighted by Gasteiger charge is -2.17. The maximum atomic E-state index is 11.7. The summed E-state index contributed by atoms with van der Waals surface area (Å²) in [7, 11) is 1.85. The Morgan fingerprint density at radius 3 is 2.94 bits per heavy atom. The van der Waals surface area contributed by atoms with Gasteiger partial charge in [0.1, 0.15) is 0 Å². The first-order valence-electron chi connectivity index (χ1n) is 4.87. The molecule has 1 aliphatic rings. The van der Waals surface area contributed by atoms with Crippen LogP contribution in [-0.4, -0.2) is 31.0 Å². The summed E-state index contributed by atoms with van der Waals surface area (Å²) in [6.45, 7) is 1.23. The summed E-state index contributed by atoms with van der Waals surface area (Å²) in [5.74, 6) is -0.261. The second kappa shape index (κ2) is 3.80. The molecule has 84 valence electrons. The quantitative estimate of drug-likeness (QED) is 0.561. The lowest BCUT2D eigenvalue weighted by molar-refractivity contribution is -0.384. The van der Waals surface area contributed by atoms with Crippen LogP contribution in [0.25, 0.3) is 0 Å². The highest BCUT2D eigenvalue weighted by atomic mass is 16.6. The zero-order valence-corrected chi connectivity index (χ0v) is 8.77. The summed E-state index contributed by atoms with van der Waals surface area (Å²) in [5.41, 5.74) is 1.01. The fraction of sp³-hybridized carbons (Fsp3) is 0.300. The summed E-state index contributed by atoms with van der Waals surface area (Å²) in [4.78, 5) is 23.7. The third-order valence-corrected chi connectivity index (χ3v) is 2.58. The van der Waals surface area contributed by atoms with E-state index in [2.05, 4.69) is 5.32 Å². The van der Waals surface area contributed by atoms with Crippen LogP contribution in [0.2, 0.25) is 0 Å². The number of hydrogen-bond acceptors (Lipinski definition) is 4. The van der Waals surface area contributed by atoms with Crippen molar-refractivity contribution in [3.8, 4) is 0 Å². The molecule has 1 aromatic rings. The number of nitrogens with one attached hydrogen (secondary N) is 1. The molecule has 0 atom stereocenters. The van der Waals surface area contributed by atoms with Crippen molar-refractivity contribution in [1.82, 2.24) is 5.32 Å². The van der Waals surface area contributed by atoms with Gasteiger partial charge in [0.2, 0.25) is 0 Å². The lowest BCUT2D eigenvalue weighted by Crippen LogP contribution is -2.27. The van der Waals surface area contributed by atoms with Crippen LogP contribution >= 0.6 is 0 Å². The van der Waals surface area contributed by atoms with Gasteiger partial charge < -0.3 is 10.2 Å². The summed E-state index contributed by atoms with van der Waals surface area (Å²) in [6, 6.07) is 4.33. The summed E-state index contributed by atoms with van der Waals surface area (Å²) < 4.78 is 0. The second-order valence-electron chi connectivity index (χ2n) is 3.64. The third-order valence-electron chi connectivity index (χ3n) is 2.58. The molecule has 0 saturated carbocycles. The van der Waals surface area contributed by atoms with Crippen LogP contribution in [0, 0.1) is 10.1 Å². The SMILES string of the molecule is CN1CCNC(=O)c2cc([N+](=O)[O-])ccc21. The van der Waals surface area contributed by atoms with Crippen molar-refractivity contribution in [2.45, 2.75) is 0 Å². The topological polar surface area (TPSA) is 75.5 Å². The summed E-state index contributed by atoms with van der Waals surface area (Å²) >= 11 is 0. The molecule has 1 heterocycles. The average Bonchev–Trinajstić information content (AvgIpc) is 2.40. The van der Waals surface area contributed by atoms with E-state index in [1.807, 2.05) is 11.9 Å². The van der Waals surface area contributed by atoms with Gasteiger partial charge in [-0.05, 0) is 6.07 Å². The molecule has 1 N–H and O–H groups in total. The summed E-state index contributed by atoms with van der Waals surface area (Å²) in [6.07, 6.45) is 0. The molecule has 0 saturated heterocycles. The number of carbonyl (C=O) groups is 1. The van der Waals surface area contributed by atoms with Crippen LogP contribution in [0.3, 0.4) is 0 Å². The van der Waals surface area contributed by atoms with Crippen LogP contribution in [0.15, 0.2) is 18.2 Å². The highest BCUT2D eigenvalue weighted by molar-refractivity contribution is 6.01. The molecule has 0 fully saturated rings. The predicted octanol–water partition coefficient (Wildman–Crippen LogP) is 0.774. The molecule has 2 rings (SSSR count). The van der Waals surface area contributed by atoms with Crippen molar-refractivity contribution in [2.75, 3.05) is 25.0 Å². The number of carbonyl (C=O) groups excluding carboxylic acids is 1. The first kappa shape index (κ1) is 10.4. The zero-order valence-electron chi connectivity index (χ0n) is 8.77. The molecule has 0 spiro atoms. The van der Waals surface area contributed by atoms with E-state index in [0.717, 1.165) is 5.69 Å². The van der Waals surface area contributed by atoms with Crippen molar-refractivity contribution in [3.05, 3.63) is 33.9 Å². The smallest absolute Gasteiger partial charge is 0.270 e. The van der Waals surface area contributed by atoms with Crippen LogP contribution in [0.4, 0.5) is 11.4 Å². The predicted molar refractivity (Wildman–Crippen MR) is 58.7 cm³/mol. The van der Waals surface area contributed by atoms with Crippen molar-refractivity contribution in [1.29, 1.82) is 0 Å². The van der Waals surface area contributed by atoms with Gasteiger partial charge in [-0.25, -0.2) is 0 Å². The average molecular weight is 221 g/mol. The van der Waals surface area contributed by atoms with E-state index in [1.54, 1.807) is 6.07 Å². The molecular formula is C10H11N3O3. The number of likely N-dealkylation sites (N-methyl/N-ethyl adjacent to an activating group) is 1. The molecule has 0 aliphatic carbocycles. The molecule has 0 bridgehead atoms. The van der Waals surface area contributed by atoms with Gasteiger partial charge in [-0.2, -0.15) is 0 Å². The highest BCUT2D eigenvalue weighted by Crippen LogP contribution is 2.25. The van der Waals surface area contributed by atoms with Crippen LogP contribution in [0.1, 0.15) is 10.4 Å². The molecule has 6 heteroatoms. The van der Waals surface area contributed by atoms with E-state index in [1.165, 1.54) is 12.1 Å². The van der Waals surface area contributed by atoms with E-state index in [0.29, 0.717) is 18.7 Å². The number of hydrogen-bond donors (Lipinski definition) is 1. The van der Waals surface area contributed by atoms with Crippen LogP contribution < -0.4 is 10.2 Å². The molecular weight excluding hydrogens is 210 g/mol. The fourth-order valence-corrected chi connectivity index (χ4v) is 1.71. The van der Waals surface area contributed by atoms with Gasteiger partial charge in [0, 0.05) is 38.0 Å². The van der Waals surface area contributed by atoms with Gasteiger partial charge in [0.05, 0.1) is 10.5 Å². The lowest BCUT2D eigenvalue weighted by atomic mass is 10.1. The van der Waals surface area contributed by atoms with Gasteiger partial charge in [0.25, 0.3) is 11.6 Å². The van der Waals surface area contributed by atoms with Crippen molar-refractivity contribution < 1.29 is 9.72 Å². The number of nitro benzene ring substituents is 1. The first-order chi connectivity index (χ1) is 7.59. The van der Waals surface area contributed by atoms with Crippen molar-refractivity contribution in [2.24, 2.45) is 0 Å². The molecule has 16 heavy (non-hydrogen) atoms. The third kappa shape index (κ3) is 1.69. The number of rotatable bonds is 1. The van der Waals surface area contributed by atoms with E-state index < -0.39 is 4.92 Å². The number of fused-ring (bicyclic) bond motifs is 1. The monoisotopic (exact) mass is 221 g/mol. The minimum absolute atomic E-state index is 0.0656. The van der Waals surface area contributed by atoms with Gasteiger partial charge in [-0.3, -0.25) is 14.9 Å². The number of amides is 1. The van der Waals surface area contributed by atoms with E-state index in [-0.39, 0.29) is 11.6 Å². The van der Waals surface area contributed by atoms with Crippen molar-refractivity contribution >= 4 is 17.3 Å². The normalized spacial score (nSPS) is 15.1. The number of non-ortho nitro benzene ring substituents is 1. The molecule has 0 radical (unpaired) electrons. The number of anilines is 1. The molecule has 1 aromatic carbocycles. The molecule has 0 unspecified atom stereocenters. The Bertz CT molecular complexity index is 459. The fourth-order valence-electron chi connectivity index (χ4n) is 1.71. The maximum Gasteiger partial charge on any atom is 0.270 e. The van der Waals surface area contributed by atoms with Crippen molar-refractivity contribution in [3.63, 3.8) is 0 Å². The highest BCUT2D eigenvalue weighted by Gasteiger charge is 2.21. The molecule has 0 aromatic heterocycles. The number of nitrogens with zero attached hydrogens (tertiary/aromatic N) is 2. The molecule has 1 aliphatic heterocycles. The first-order valence-corrected chi connectivity index (χ1v) is 4.87. The zero-order chi connectivity index (χ0) is 11.7. The molecule has 1 amide bonds.